The van der Waals surface area contributed by atoms with Crippen LogP contribution < -0.4 is 4.90 Å². The summed E-state index contributed by atoms with van der Waals surface area (Å²) in [5.41, 5.74) is 0.395. The topological polar surface area (TPSA) is 68.1 Å². The van der Waals surface area contributed by atoms with Crippen LogP contribution in [0.25, 0.3) is 11.0 Å². The van der Waals surface area contributed by atoms with Gasteiger partial charge in [0.2, 0.25) is 0 Å². The van der Waals surface area contributed by atoms with Gasteiger partial charge in [0.1, 0.15) is 12.1 Å². The van der Waals surface area contributed by atoms with E-state index in [0.717, 1.165) is 37.1 Å². The van der Waals surface area contributed by atoms with Gasteiger partial charge in [0.05, 0.1) is 10.3 Å². The normalized spacial score (nSPS) is 15.6. The van der Waals surface area contributed by atoms with E-state index in [0.29, 0.717) is 10.1 Å². The van der Waals surface area contributed by atoms with E-state index < -0.39 is 10.0 Å². The van der Waals surface area contributed by atoms with Gasteiger partial charge in [-0.2, -0.15) is 0 Å². The molecule has 0 saturated carbocycles. The zero-order valence-corrected chi connectivity index (χ0v) is 15.9. The van der Waals surface area contributed by atoms with Crippen molar-refractivity contribution < 1.29 is 8.42 Å². The number of halogens is 1. The first-order chi connectivity index (χ1) is 12.1. The molecule has 4 rings (SSSR count). The number of aromatic nitrogens is 3. The van der Waals surface area contributed by atoms with Crippen molar-refractivity contribution in [2.75, 3.05) is 18.0 Å². The Morgan fingerprint density at radius 3 is 2.44 bits per heavy atom. The Morgan fingerprint density at radius 1 is 1.00 bits per heavy atom. The summed E-state index contributed by atoms with van der Waals surface area (Å²) in [7, 11) is -3.71. The Labute approximate surface area is 154 Å². The van der Waals surface area contributed by atoms with Gasteiger partial charge in [0.25, 0.3) is 10.0 Å². The van der Waals surface area contributed by atoms with Crippen LogP contribution in [0.15, 0.2) is 52.2 Å². The minimum absolute atomic E-state index is 0.234. The molecule has 0 radical (unpaired) electrons. The second-order valence-electron chi connectivity index (χ2n) is 6.03. The van der Waals surface area contributed by atoms with Gasteiger partial charge in [0.15, 0.2) is 5.65 Å². The van der Waals surface area contributed by atoms with Crippen LogP contribution in [-0.4, -0.2) is 35.4 Å². The number of fused-ring (bicyclic) bond motifs is 1. The van der Waals surface area contributed by atoms with Crippen LogP contribution in [0.2, 0.25) is 0 Å². The van der Waals surface area contributed by atoms with Gasteiger partial charge in [-0.1, -0.05) is 18.2 Å². The largest absolute Gasteiger partial charge is 0.356 e. The summed E-state index contributed by atoms with van der Waals surface area (Å²) in [6, 6.07) is 8.38. The summed E-state index contributed by atoms with van der Waals surface area (Å²) >= 11 is 3.51. The third-order valence-electron chi connectivity index (χ3n) is 4.44. The van der Waals surface area contributed by atoms with E-state index in [4.69, 9.17) is 0 Å². The van der Waals surface area contributed by atoms with E-state index in [1.54, 1.807) is 36.5 Å². The number of hydrogen-bond donors (Lipinski definition) is 0. The molecule has 3 heterocycles. The van der Waals surface area contributed by atoms with Crippen molar-refractivity contribution in [2.45, 2.75) is 24.2 Å². The van der Waals surface area contributed by atoms with Gasteiger partial charge in [-0.05, 0) is 47.3 Å². The lowest BCUT2D eigenvalue weighted by Crippen LogP contribution is -2.30. The molecule has 0 unspecified atom stereocenters. The van der Waals surface area contributed by atoms with Crippen LogP contribution in [0, 0.1) is 0 Å². The molecule has 1 aliphatic heterocycles. The predicted octanol–water partition coefficient (Wildman–Crippen LogP) is 3.42. The van der Waals surface area contributed by atoms with E-state index in [2.05, 4.69) is 30.8 Å². The summed E-state index contributed by atoms with van der Waals surface area (Å²) in [4.78, 5) is 11.1. The van der Waals surface area contributed by atoms with Gasteiger partial charge in [-0.15, -0.1) is 0 Å². The molecule has 1 aromatic carbocycles. The van der Waals surface area contributed by atoms with Gasteiger partial charge in [0, 0.05) is 23.8 Å². The number of anilines is 1. The van der Waals surface area contributed by atoms with Crippen molar-refractivity contribution in [2.24, 2.45) is 0 Å². The second-order valence-corrected chi connectivity index (χ2v) is 8.70. The Morgan fingerprint density at radius 2 is 1.72 bits per heavy atom. The molecule has 2 aromatic heterocycles. The summed E-state index contributed by atoms with van der Waals surface area (Å²) in [6.45, 7) is 1.85. The lowest BCUT2D eigenvalue weighted by Gasteiger charge is -2.28. The minimum atomic E-state index is -3.71. The highest BCUT2D eigenvalue weighted by Gasteiger charge is 2.25. The summed E-state index contributed by atoms with van der Waals surface area (Å²) in [6.07, 6.45) is 6.46. The average molecular weight is 421 g/mol. The number of piperidine rings is 1. The van der Waals surface area contributed by atoms with Crippen LogP contribution in [0.4, 0.5) is 5.82 Å². The van der Waals surface area contributed by atoms with Crippen LogP contribution in [0.5, 0.6) is 0 Å². The number of benzene rings is 1. The van der Waals surface area contributed by atoms with Crippen molar-refractivity contribution in [1.82, 2.24) is 13.9 Å². The Bertz CT molecular complexity index is 1010. The molecule has 0 amide bonds. The average Bonchev–Trinajstić information content (AvgIpc) is 3.01. The van der Waals surface area contributed by atoms with Crippen molar-refractivity contribution >= 4 is 42.8 Å². The third kappa shape index (κ3) is 2.83. The van der Waals surface area contributed by atoms with Crippen molar-refractivity contribution in [1.29, 1.82) is 0 Å². The molecule has 1 saturated heterocycles. The first-order valence-corrected chi connectivity index (χ1v) is 10.4. The summed E-state index contributed by atoms with van der Waals surface area (Å²) in [5, 5.41) is 0.740. The van der Waals surface area contributed by atoms with E-state index in [1.165, 1.54) is 16.7 Å². The van der Waals surface area contributed by atoms with Crippen molar-refractivity contribution in [3.8, 4) is 0 Å². The smallest absolute Gasteiger partial charge is 0.269 e. The quantitative estimate of drug-likeness (QED) is 0.649. The van der Waals surface area contributed by atoms with Gasteiger partial charge >= 0.3 is 0 Å². The number of rotatable bonds is 3. The fourth-order valence-corrected chi connectivity index (χ4v) is 5.24. The molecule has 0 aliphatic carbocycles. The van der Waals surface area contributed by atoms with Crippen LogP contribution in [0.3, 0.4) is 0 Å². The third-order valence-corrected chi connectivity index (χ3v) is 6.71. The SMILES string of the molecule is O=S(=O)(c1ccccc1)n1cc(Br)c2c(N3CCCCC3)ncnc21. The molecule has 6 nitrogen and oxygen atoms in total. The molecule has 0 atom stereocenters. The molecular weight excluding hydrogens is 404 g/mol. The first-order valence-electron chi connectivity index (χ1n) is 8.16. The van der Waals surface area contributed by atoms with E-state index >= 15 is 0 Å². The van der Waals surface area contributed by atoms with Crippen molar-refractivity contribution in [3.63, 3.8) is 0 Å². The molecule has 0 N–H and O–H groups in total. The second kappa shape index (κ2) is 6.42. The Kier molecular flexibility index (Phi) is 4.24. The summed E-state index contributed by atoms with van der Waals surface area (Å²) < 4.78 is 28.0. The van der Waals surface area contributed by atoms with E-state index in [-0.39, 0.29) is 4.90 Å². The highest BCUT2D eigenvalue weighted by atomic mass is 79.9. The van der Waals surface area contributed by atoms with Gasteiger partial charge < -0.3 is 4.90 Å². The Balaban J connectivity index is 1.90. The monoisotopic (exact) mass is 420 g/mol. The predicted molar refractivity (Wildman–Crippen MR) is 100 cm³/mol. The maximum atomic E-state index is 13.0. The van der Waals surface area contributed by atoms with Crippen molar-refractivity contribution in [3.05, 3.63) is 47.3 Å². The first kappa shape index (κ1) is 16.5. The molecule has 0 spiro atoms. The highest BCUT2D eigenvalue weighted by molar-refractivity contribution is 9.10. The molecular formula is C17H17BrN4O2S. The standard InChI is InChI=1S/C17H17BrN4O2S/c18-14-11-22(25(23,24)13-7-3-1-4-8-13)17-15(14)16(19-12-20-17)21-9-5-2-6-10-21/h1,3-4,7-8,11-12H,2,5-6,9-10H2. The molecule has 3 aromatic rings. The minimum Gasteiger partial charge on any atom is -0.356 e. The number of hydrogen-bond acceptors (Lipinski definition) is 5. The van der Waals surface area contributed by atoms with Gasteiger partial charge in [-0.25, -0.2) is 22.4 Å². The zero-order valence-electron chi connectivity index (χ0n) is 13.5. The Hall–Kier alpha value is -1.93. The lowest BCUT2D eigenvalue weighted by atomic mass is 10.1. The number of nitrogens with zero attached hydrogens (tertiary/aromatic N) is 4. The fraction of sp³-hybridized carbons (Fsp3) is 0.294. The highest BCUT2D eigenvalue weighted by Crippen LogP contribution is 2.34. The zero-order chi connectivity index (χ0) is 17.4. The maximum absolute atomic E-state index is 13.0. The lowest BCUT2D eigenvalue weighted by molar-refractivity contribution is 0.574. The molecule has 25 heavy (non-hydrogen) atoms. The summed E-state index contributed by atoms with van der Waals surface area (Å²) in [5.74, 6) is 0.790. The maximum Gasteiger partial charge on any atom is 0.269 e. The van der Waals surface area contributed by atoms with E-state index in [9.17, 15) is 8.42 Å². The van der Waals surface area contributed by atoms with Crippen LogP contribution in [-0.2, 0) is 10.0 Å². The molecule has 1 fully saturated rings. The van der Waals surface area contributed by atoms with Crippen LogP contribution >= 0.6 is 15.9 Å². The molecule has 1 aliphatic rings. The van der Waals surface area contributed by atoms with E-state index in [1.807, 2.05) is 0 Å². The fourth-order valence-electron chi connectivity index (χ4n) is 3.21. The molecule has 8 heteroatoms. The molecule has 130 valence electrons. The van der Waals surface area contributed by atoms with Gasteiger partial charge in [-0.3, -0.25) is 0 Å². The van der Waals surface area contributed by atoms with Crippen LogP contribution in [0.1, 0.15) is 19.3 Å². The molecule has 0 bridgehead atoms.